The highest BCUT2D eigenvalue weighted by Crippen LogP contribution is 2.69. The van der Waals surface area contributed by atoms with Gasteiger partial charge in [-0.3, -0.25) is 0 Å². The largest absolute Gasteiger partial charge is 0.513 e. The van der Waals surface area contributed by atoms with Crippen molar-refractivity contribution in [1.29, 1.82) is 0 Å². The molecule has 1 aromatic carbocycles. The Morgan fingerprint density at radius 1 is 1.10 bits per heavy atom. The van der Waals surface area contributed by atoms with Gasteiger partial charge >= 0.3 is 7.57 Å². The Balaban J connectivity index is 3.26. The van der Waals surface area contributed by atoms with Crippen molar-refractivity contribution >= 4 is 15.2 Å². The summed E-state index contributed by atoms with van der Waals surface area (Å²) in [6, 6.07) is 9.77. The number of hydrogen-bond acceptors (Lipinski definition) is 3. The van der Waals surface area contributed by atoms with E-state index in [4.69, 9.17) is 16.6 Å². The average Bonchev–Trinajstić information content (AvgIpc) is 2.34. The summed E-state index contributed by atoms with van der Waals surface area (Å²) in [6.07, 6.45) is 1.61. The number of aliphatic hydroxyl groups excluding tert-OH is 1. The van der Waals surface area contributed by atoms with Crippen molar-refractivity contribution in [3.63, 3.8) is 0 Å². The summed E-state index contributed by atoms with van der Waals surface area (Å²) in [7, 11) is 3.83. The van der Waals surface area contributed by atoms with Crippen LogP contribution in [0, 0.1) is 0 Å². The van der Waals surface area contributed by atoms with E-state index in [1.165, 1.54) is 0 Å². The monoisotopic (exact) mass is 307 g/mol. The lowest BCUT2D eigenvalue weighted by atomic mass is 10.1. The second-order valence-corrected chi connectivity index (χ2v) is 7.89. The van der Waals surface area contributed by atoms with E-state index in [1.807, 2.05) is 58.0 Å². The van der Waals surface area contributed by atoms with Crippen molar-refractivity contribution in [2.75, 3.05) is 0 Å². The molecule has 0 bridgehead atoms. The van der Waals surface area contributed by atoms with E-state index in [0.29, 0.717) is 0 Å². The molecule has 5 heteroatoms. The predicted octanol–water partition coefficient (Wildman–Crippen LogP) is 4.97. The van der Waals surface area contributed by atoms with Crippen LogP contribution in [0.15, 0.2) is 42.2 Å². The fraction of sp³-hybridized carbons (Fsp3) is 0.500. The van der Waals surface area contributed by atoms with Crippen LogP contribution in [0.3, 0.4) is 0 Å². The first-order chi connectivity index (χ1) is 9.74. The molecule has 0 amide bonds. The van der Waals surface area contributed by atoms with E-state index < -0.39 is 7.59 Å². The lowest BCUT2D eigenvalue weighted by molar-refractivity contribution is 0.168. The minimum atomic E-state index is -2.70. The summed E-state index contributed by atoms with van der Waals surface area (Å²) in [5.41, 5.74) is 0.677. The maximum Gasteiger partial charge on any atom is 0.445 e. The topological polar surface area (TPSA) is 38.7 Å². The number of allylic oxidation sites excluding steroid dienone is 2. The zero-order valence-corrected chi connectivity index (χ0v) is 14.4. The van der Waals surface area contributed by atoms with Gasteiger partial charge in [-0.15, -0.1) is 0 Å². The fourth-order valence-electron chi connectivity index (χ4n) is 2.10. The molecule has 114 valence electrons. The molecule has 0 saturated carbocycles. The molecule has 0 aliphatic carbocycles. The maximum absolute atomic E-state index is 9.73. The average molecular weight is 307 g/mol. The highest BCUT2D eigenvalue weighted by Gasteiger charge is 2.47. The number of aliphatic hydroxyl groups is 1. The lowest BCUT2D eigenvalue weighted by Gasteiger charge is -2.30. The van der Waals surface area contributed by atoms with Crippen LogP contribution in [0.1, 0.15) is 45.8 Å². The van der Waals surface area contributed by atoms with Gasteiger partial charge in [0, 0.05) is 6.08 Å². The molecular formula is C16H25BO3P+. The van der Waals surface area contributed by atoms with Gasteiger partial charge in [0.2, 0.25) is 7.59 Å². The summed E-state index contributed by atoms with van der Waals surface area (Å²) in [6.45, 7) is 9.36. The molecule has 0 heterocycles. The molecule has 21 heavy (non-hydrogen) atoms. The maximum atomic E-state index is 9.73. The van der Waals surface area contributed by atoms with Gasteiger partial charge in [-0.1, -0.05) is 30.3 Å². The van der Waals surface area contributed by atoms with Crippen LogP contribution in [-0.2, 0) is 9.05 Å². The SMILES string of the molecule is [B][P+](OC(C)C)(OC(C)C)C(/C=C(\C)O)c1ccccc1. The van der Waals surface area contributed by atoms with E-state index in [2.05, 4.69) is 0 Å². The highest BCUT2D eigenvalue weighted by molar-refractivity contribution is 7.90. The second-order valence-electron chi connectivity index (χ2n) is 5.62. The first-order valence-electron chi connectivity index (χ1n) is 7.21. The smallest absolute Gasteiger partial charge is 0.445 e. The Morgan fingerprint density at radius 2 is 1.57 bits per heavy atom. The minimum absolute atomic E-state index is 0.0549. The van der Waals surface area contributed by atoms with Gasteiger partial charge in [-0.05, 0) is 40.2 Å². The molecular weight excluding hydrogens is 282 g/mol. The predicted molar refractivity (Wildman–Crippen MR) is 90.7 cm³/mol. The highest BCUT2D eigenvalue weighted by atomic mass is 31.2. The van der Waals surface area contributed by atoms with Crippen LogP contribution in [0.4, 0.5) is 0 Å². The lowest BCUT2D eigenvalue weighted by Crippen LogP contribution is -2.18. The summed E-state index contributed by atoms with van der Waals surface area (Å²) in [5, 5.41) is 9.73. The Morgan fingerprint density at radius 3 is 1.95 bits per heavy atom. The first-order valence-corrected chi connectivity index (χ1v) is 8.97. The van der Waals surface area contributed by atoms with Crippen LogP contribution in [-0.4, -0.2) is 24.9 Å². The van der Waals surface area contributed by atoms with E-state index in [1.54, 1.807) is 13.0 Å². The van der Waals surface area contributed by atoms with Crippen molar-refractivity contribution in [2.24, 2.45) is 0 Å². The normalized spacial score (nSPS) is 14.7. The van der Waals surface area contributed by atoms with Crippen LogP contribution in [0.25, 0.3) is 0 Å². The van der Waals surface area contributed by atoms with E-state index in [9.17, 15) is 5.11 Å². The third kappa shape index (κ3) is 5.82. The molecule has 0 spiro atoms. The minimum Gasteiger partial charge on any atom is -0.513 e. The van der Waals surface area contributed by atoms with Gasteiger partial charge in [-0.2, -0.15) is 0 Å². The van der Waals surface area contributed by atoms with Crippen molar-refractivity contribution in [3.8, 4) is 0 Å². The van der Waals surface area contributed by atoms with Gasteiger partial charge in [0.25, 0.3) is 0 Å². The van der Waals surface area contributed by atoms with E-state index >= 15 is 0 Å². The Hall–Kier alpha value is -0.825. The molecule has 1 atom stereocenters. The third-order valence-corrected chi connectivity index (χ3v) is 5.40. The summed E-state index contributed by atoms with van der Waals surface area (Å²) >= 11 is 0. The van der Waals surface area contributed by atoms with Crippen LogP contribution in [0.5, 0.6) is 0 Å². The number of benzene rings is 1. The molecule has 1 unspecified atom stereocenters. The quantitative estimate of drug-likeness (QED) is 0.439. The Bertz CT molecular complexity index is 446. The molecule has 0 aliphatic rings. The third-order valence-electron chi connectivity index (χ3n) is 2.68. The van der Waals surface area contributed by atoms with Crippen molar-refractivity contribution in [2.45, 2.75) is 52.5 Å². The number of rotatable bonds is 7. The second kappa shape index (κ2) is 7.98. The van der Waals surface area contributed by atoms with E-state index in [-0.39, 0.29) is 23.6 Å². The van der Waals surface area contributed by atoms with Gasteiger partial charge < -0.3 is 5.11 Å². The molecule has 0 fully saturated rings. The van der Waals surface area contributed by atoms with Crippen molar-refractivity contribution in [1.82, 2.24) is 0 Å². The molecule has 1 rings (SSSR count). The Kier molecular flexibility index (Phi) is 6.92. The molecule has 0 saturated heterocycles. The van der Waals surface area contributed by atoms with Crippen LogP contribution < -0.4 is 0 Å². The standard InChI is InChI=1S/C16H25BO3P/c1-12(2)19-21(17,20-13(3)4)16(11-14(5)18)15-9-7-6-8-10-15/h6-13,16,18H,1-5H3/q+1/b14-11+. The van der Waals surface area contributed by atoms with Crippen molar-refractivity contribution < 1.29 is 14.2 Å². The Labute approximate surface area is 130 Å². The van der Waals surface area contributed by atoms with Crippen LogP contribution in [0.2, 0.25) is 0 Å². The number of hydrogen-bond donors (Lipinski definition) is 1. The molecule has 2 radical (unpaired) electrons. The fourth-order valence-corrected chi connectivity index (χ4v) is 4.74. The van der Waals surface area contributed by atoms with Gasteiger partial charge in [-0.25, -0.2) is 9.05 Å². The summed E-state index contributed by atoms with van der Waals surface area (Å²) in [4.78, 5) is 0. The first kappa shape index (κ1) is 18.2. The van der Waals surface area contributed by atoms with Gasteiger partial charge in [0.05, 0.1) is 18.0 Å². The zero-order valence-electron chi connectivity index (χ0n) is 13.5. The molecule has 1 N–H and O–H groups in total. The van der Waals surface area contributed by atoms with E-state index in [0.717, 1.165) is 5.56 Å². The van der Waals surface area contributed by atoms with Crippen molar-refractivity contribution in [3.05, 3.63) is 47.7 Å². The molecule has 0 aromatic heterocycles. The summed E-state index contributed by atoms with van der Waals surface area (Å²) in [5.74, 6) is 0.207. The zero-order chi connectivity index (χ0) is 16.0. The molecule has 1 aromatic rings. The molecule has 3 nitrogen and oxygen atoms in total. The van der Waals surface area contributed by atoms with Crippen LogP contribution >= 0.6 is 7.59 Å². The summed E-state index contributed by atoms with van der Waals surface area (Å²) < 4.78 is 12.0. The van der Waals surface area contributed by atoms with Gasteiger partial charge in [0.15, 0.2) is 5.66 Å². The molecule has 0 aliphatic heterocycles. The van der Waals surface area contributed by atoms with Gasteiger partial charge in [0.1, 0.15) is 0 Å².